The van der Waals surface area contributed by atoms with E-state index >= 15 is 0 Å². The van der Waals surface area contributed by atoms with E-state index in [2.05, 4.69) is 25.4 Å². The Bertz CT molecular complexity index is 921. The third-order valence-electron chi connectivity index (χ3n) is 4.46. The first-order valence-electron chi connectivity index (χ1n) is 9.84. The minimum absolute atomic E-state index is 0.0439. The molecular weight excluding hydrogens is 712 g/mol. The Morgan fingerprint density at radius 1 is 0.778 bits per heavy atom. The SMILES string of the molecule is Cc1c(NC=O)c(I)c(C(=O)NCC(COC=O)OC=O)c(I)c1C(=O)NCC(COC=O)OC=O. The maximum absolute atomic E-state index is 13.1. The minimum Gasteiger partial charge on any atom is -0.464 e. The molecule has 0 aliphatic carbocycles. The summed E-state index contributed by atoms with van der Waals surface area (Å²) in [6, 6.07) is 0. The Labute approximate surface area is 231 Å². The van der Waals surface area contributed by atoms with E-state index in [1.165, 1.54) is 0 Å². The van der Waals surface area contributed by atoms with Crippen LogP contribution in [0.1, 0.15) is 26.3 Å². The normalized spacial score (nSPS) is 11.6. The standard InChI is InChI=1S/C20H21I2N3O11/c1-11-14(19(31)23-2-12(35-9-29)4-33-7-27)16(21)15(17(22)18(11)25-6-26)20(32)24-3-13(36-10-30)5-34-8-28/h6-10,12-13H,2-5H2,1H3,(H,23,31)(H,24,32)(H,25,26). The third kappa shape index (κ3) is 8.88. The summed E-state index contributed by atoms with van der Waals surface area (Å²) in [5, 5.41) is 7.55. The summed E-state index contributed by atoms with van der Waals surface area (Å²) in [6.45, 7) is 1.13. The topological polar surface area (TPSA) is 192 Å². The molecule has 0 saturated heterocycles. The van der Waals surface area contributed by atoms with Crippen LogP contribution in [0.25, 0.3) is 0 Å². The molecule has 0 saturated carbocycles. The second-order valence-electron chi connectivity index (χ2n) is 6.63. The number of carbonyl (C=O) groups is 7. The molecular formula is C20H21I2N3O11. The number of halogens is 2. The van der Waals surface area contributed by atoms with Crippen molar-refractivity contribution in [3.63, 3.8) is 0 Å². The van der Waals surface area contributed by atoms with E-state index in [-0.39, 0.29) is 72.6 Å². The van der Waals surface area contributed by atoms with Crippen LogP contribution in [0.2, 0.25) is 0 Å². The summed E-state index contributed by atoms with van der Waals surface area (Å²) < 4.78 is 19.2. The van der Waals surface area contributed by atoms with E-state index in [1.54, 1.807) is 29.5 Å². The van der Waals surface area contributed by atoms with Crippen LogP contribution in [0.5, 0.6) is 0 Å². The Hall–Kier alpha value is -3.03. The number of rotatable bonds is 18. The molecule has 14 nitrogen and oxygen atoms in total. The fourth-order valence-electron chi connectivity index (χ4n) is 2.83. The van der Waals surface area contributed by atoms with Crippen molar-refractivity contribution in [2.24, 2.45) is 0 Å². The van der Waals surface area contributed by atoms with Crippen molar-refractivity contribution in [1.29, 1.82) is 0 Å². The fraction of sp³-hybridized carbons (Fsp3) is 0.350. The van der Waals surface area contributed by atoms with Crippen LogP contribution in [0.4, 0.5) is 5.69 Å². The predicted octanol–water partition coefficient (Wildman–Crippen LogP) is -0.339. The minimum atomic E-state index is -0.962. The largest absolute Gasteiger partial charge is 0.464 e. The predicted molar refractivity (Wildman–Crippen MR) is 137 cm³/mol. The van der Waals surface area contributed by atoms with E-state index in [1.807, 2.05) is 22.6 Å². The van der Waals surface area contributed by atoms with Crippen LogP contribution >= 0.6 is 45.2 Å². The maximum Gasteiger partial charge on any atom is 0.293 e. The van der Waals surface area contributed by atoms with Crippen molar-refractivity contribution in [3.8, 4) is 0 Å². The molecule has 0 radical (unpaired) electrons. The number of hydrogen-bond acceptors (Lipinski definition) is 11. The van der Waals surface area contributed by atoms with Crippen LogP contribution < -0.4 is 16.0 Å². The molecule has 0 heterocycles. The Kier molecular flexibility index (Phi) is 14.3. The van der Waals surface area contributed by atoms with E-state index in [9.17, 15) is 33.6 Å². The van der Waals surface area contributed by atoms with Gasteiger partial charge in [-0.15, -0.1) is 0 Å². The van der Waals surface area contributed by atoms with Gasteiger partial charge < -0.3 is 34.9 Å². The summed E-state index contributed by atoms with van der Waals surface area (Å²) in [6.07, 6.45) is -1.54. The monoisotopic (exact) mass is 733 g/mol. The van der Waals surface area contributed by atoms with Gasteiger partial charge in [-0.05, 0) is 57.7 Å². The number of carbonyl (C=O) groups excluding carboxylic acids is 7. The van der Waals surface area contributed by atoms with Crippen molar-refractivity contribution < 1.29 is 52.5 Å². The lowest BCUT2D eigenvalue weighted by molar-refractivity contribution is -0.142. The number of anilines is 1. The molecule has 1 aromatic rings. The van der Waals surface area contributed by atoms with Crippen molar-refractivity contribution in [2.45, 2.75) is 19.1 Å². The fourth-order valence-corrected chi connectivity index (χ4v) is 5.59. The first kappa shape index (κ1) is 31.0. The highest BCUT2D eigenvalue weighted by Crippen LogP contribution is 2.34. The zero-order chi connectivity index (χ0) is 27.1. The zero-order valence-corrected chi connectivity index (χ0v) is 22.9. The maximum atomic E-state index is 13.1. The molecule has 3 amide bonds. The third-order valence-corrected chi connectivity index (χ3v) is 6.62. The first-order valence-corrected chi connectivity index (χ1v) is 12.0. The summed E-state index contributed by atoms with van der Waals surface area (Å²) in [5.41, 5.74) is 0.652. The molecule has 3 N–H and O–H groups in total. The van der Waals surface area contributed by atoms with Crippen LogP contribution in [0.15, 0.2) is 0 Å². The highest BCUT2D eigenvalue weighted by Gasteiger charge is 2.28. The van der Waals surface area contributed by atoms with Gasteiger partial charge in [-0.1, -0.05) is 0 Å². The van der Waals surface area contributed by atoms with Gasteiger partial charge >= 0.3 is 0 Å². The van der Waals surface area contributed by atoms with Gasteiger partial charge in [0.05, 0.1) is 33.5 Å². The molecule has 196 valence electrons. The van der Waals surface area contributed by atoms with Crippen LogP contribution in [-0.2, 0) is 42.9 Å². The van der Waals surface area contributed by atoms with E-state index in [0.717, 1.165) is 0 Å². The van der Waals surface area contributed by atoms with Gasteiger partial charge in [0.25, 0.3) is 37.7 Å². The molecule has 1 rings (SSSR count). The number of ether oxygens (including phenoxy) is 4. The summed E-state index contributed by atoms with van der Waals surface area (Å²) >= 11 is 3.64. The molecule has 2 unspecified atom stereocenters. The molecule has 0 fully saturated rings. The smallest absolute Gasteiger partial charge is 0.293 e. The van der Waals surface area contributed by atoms with E-state index in [4.69, 9.17) is 9.47 Å². The van der Waals surface area contributed by atoms with Crippen LogP contribution in [0, 0.1) is 14.1 Å². The van der Waals surface area contributed by atoms with Crippen molar-refractivity contribution in [3.05, 3.63) is 23.8 Å². The molecule has 0 aliphatic heterocycles. The lowest BCUT2D eigenvalue weighted by atomic mass is 10.0. The Balaban J connectivity index is 3.30. The van der Waals surface area contributed by atoms with Gasteiger partial charge in [0.15, 0.2) is 12.2 Å². The molecule has 1 aromatic carbocycles. The zero-order valence-electron chi connectivity index (χ0n) is 18.6. The van der Waals surface area contributed by atoms with Crippen LogP contribution in [-0.4, -0.2) is 82.6 Å². The van der Waals surface area contributed by atoms with Gasteiger partial charge in [0, 0.05) is 3.57 Å². The number of nitrogens with one attached hydrogen (secondary N) is 3. The quantitative estimate of drug-likeness (QED) is 0.102. The molecule has 2 atom stereocenters. The van der Waals surface area contributed by atoms with E-state index < -0.39 is 24.0 Å². The Morgan fingerprint density at radius 3 is 1.67 bits per heavy atom. The first-order chi connectivity index (χ1) is 17.3. The number of hydrogen-bond donors (Lipinski definition) is 3. The molecule has 36 heavy (non-hydrogen) atoms. The molecule has 0 spiro atoms. The highest BCUT2D eigenvalue weighted by molar-refractivity contribution is 14.1. The number of amides is 3. The van der Waals surface area contributed by atoms with Gasteiger partial charge in [0.1, 0.15) is 13.2 Å². The molecule has 0 aliphatic rings. The lowest BCUT2D eigenvalue weighted by Crippen LogP contribution is -2.38. The second-order valence-corrected chi connectivity index (χ2v) is 8.79. The highest BCUT2D eigenvalue weighted by atomic mass is 127. The summed E-state index contributed by atoms with van der Waals surface area (Å²) in [5.74, 6) is -1.33. The van der Waals surface area contributed by atoms with Gasteiger partial charge in [-0.25, -0.2) is 0 Å². The Morgan fingerprint density at radius 2 is 1.25 bits per heavy atom. The van der Waals surface area contributed by atoms with Gasteiger partial charge in [0.2, 0.25) is 6.41 Å². The van der Waals surface area contributed by atoms with Crippen molar-refractivity contribution >= 4 is 95.0 Å². The second kappa shape index (κ2) is 16.6. The van der Waals surface area contributed by atoms with E-state index in [0.29, 0.717) is 15.5 Å². The van der Waals surface area contributed by atoms with Gasteiger partial charge in [-0.2, -0.15) is 0 Å². The summed E-state index contributed by atoms with van der Waals surface area (Å²) in [4.78, 5) is 79.4. The lowest BCUT2D eigenvalue weighted by Gasteiger charge is -2.21. The molecule has 0 aromatic heterocycles. The molecule has 0 bridgehead atoms. The van der Waals surface area contributed by atoms with Crippen molar-refractivity contribution in [1.82, 2.24) is 10.6 Å². The van der Waals surface area contributed by atoms with Crippen LogP contribution in [0.3, 0.4) is 0 Å². The average Bonchev–Trinajstić information content (AvgIpc) is 2.85. The van der Waals surface area contributed by atoms with Gasteiger partial charge in [-0.3, -0.25) is 33.6 Å². The number of benzene rings is 1. The average molecular weight is 733 g/mol. The van der Waals surface area contributed by atoms with Crippen molar-refractivity contribution in [2.75, 3.05) is 31.6 Å². The summed E-state index contributed by atoms with van der Waals surface area (Å²) in [7, 11) is 0. The molecule has 16 heteroatoms.